The van der Waals surface area contributed by atoms with Crippen LogP contribution in [-0.2, 0) is 4.79 Å². The van der Waals surface area contributed by atoms with E-state index in [-0.39, 0.29) is 11.6 Å². The number of methoxy groups -OCH3 is 2. The van der Waals surface area contributed by atoms with Crippen molar-refractivity contribution in [2.45, 2.75) is 6.92 Å². The molecule has 2 rings (SSSR count). The largest absolute Gasteiger partial charge is 0.502 e. The van der Waals surface area contributed by atoms with Gasteiger partial charge in [-0.25, -0.2) is 0 Å². The van der Waals surface area contributed by atoms with Gasteiger partial charge in [0.2, 0.25) is 23.3 Å². The molecule has 0 fully saturated rings. The van der Waals surface area contributed by atoms with Crippen LogP contribution in [0.1, 0.15) is 6.92 Å². The smallest absolute Gasteiger partial charge is 0.246 e. The number of carbonyl (C=O) groups is 1. The number of amides is 1. The Labute approximate surface area is 120 Å². The van der Waals surface area contributed by atoms with Gasteiger partial charge in [0.1, 0.15) is 11.5 Å². The molecule has 0 unspecified atom stereocenters. The molecule has 0 saturated carbocycles. The fraction of sp³-hybridized carbons (Fsp3) is 0.214. The van der Waals surface area contributed by atoms with Crippen LogP contribution >= 0.6 is 0 Å². The van der Waals surface area contributed by atoms with E-state index < -0.39 is 17.4 Å². The van der Waals surface area contributed by atoms with Crippen LogP contribution in [0.4, 0.5) is 5.88 Å². The molecule has 0 spiro atoms. The van der Waals surface area contributed by atoms with Gasteiger partial charge in [0.15, 0.2) is 5.76 Å². The van der Waals surface area contributed by atoms with Gasteiger partial charge in [0.25, 0.3) is 0 Å². The summed E-state index contributed by atoms with van der Waals surface area (Å²) in [4.78, 5) is 11.0. The second-order valence-electron chi connectivity index (χ2n) is 4.24. The molecule has 0 atom stereocenters. The first-order chi connectivity index (χ1) is 9.96. The summed E-state index contributed by atoms with van der Waals surface area (Å²) >= 11 is 0. The number of rotatable bonds is 4. The monoisotopic (exact) mass is 293 g/mol. The van der Waals surface area contributed by atoms with Gasteiger partial charge >= 0.3 is 0 Å². The van der Waals surface area contributed by atoms with E-state index >= 15 is 0 Å². The normalized spacial score (nSPS) is 10.2. The van der Waals surface area contributed by atoms with Crippen molar-refractivity contribution in [1.29, 1.82) is 0 Å². The van der Waals surface area contributed by atoms with Crippen molar-refractivity contribution in [1.82, 2.24) is 0 Å². The van der Waals surface area contributed by atoms with Gasteiger partial charge in [0.05, 0.1) is 14.2 Å². The molecule has 2 aromatic rings. The average molecular weight is 293 g/mol. The molecule has 112 valence electrons. The molecule has 0 bridgehead atoms. The first kappa shape index (κ1) is 14.6. The molecule has 7 heteroatoms. The number of carbonyl (C=O) groups excluding carboxylic acids is 1. The minimum Gasteiger partial charge on any atom is -0.502 e. The number of anilines is 1. The van der Waals surface area contributed by atoms with Crippen molar-refractivity contribution in [2.75, 3.05) is 19.5 Å². The Bertz CT molecular complexity index is 654. The molecule has 0 saturated heterocycles. The summed E-state index contributed by atoms with van der Waals surface area (Å²) in [7, 11) is 2.97. The third-order valence-electron chi connectivity index (χ3n) is 2.76. The van der Waals surface area contributed by atoms with E-state index in [9.17, 15) is 15.0 Å². The fourth-order valence-corrected chi connectivity index (χ4v) is 1.79. The molecule has 1 heterocycles. The fourth-order valence-electron chi connectivity index (χ4n) is 1.79. The molecule has 1 aromatic carbocycles. The first-order valence-corrected chi connectivity index (χ1v) is 6.02. The van der Waals surface area contributed by atoms with E-state index in [1.165, 1.54) is 21.1 Å². The summed E-state index contributed by atoms with van der Waals surface area (Å²) in [6.07, 6.45) is 0. The standard InChI is InChI=1S/C14H15NO6/c1-7(16)15-14-12(18)11(17)13(21-14)8-4-9(19-2)6-10(5-8)20-3/h4-6,17-18H,1-3H3,(H,15,16). The Morgan fingerprint density at radius 3 is 2.14 bits per heavy atom. The zero-order valence-electron chi connectivity index (χ0n) is 11.8. The summed E-state index contributed by atoms with van der Waals surface area (Å²) in [6.45, 7) is 1.26. The van der Waals surface area contributed by atoms with Crippen molar-refractivity contribution in [2.24, 2.45) is 0 Å². The summed E-state index contributed by atoms with van der Waals surface area (Å²) < 4.78 is 15.5. The minimum atomic E-state index is -0.540. The molecule has 3 N–H and O–H groups in total. The van der Waals surface area contributed by atoms with Crippen molar-refractivity contribution < 1.29 is 28.9 Å². The van der Waals surface area contributed by atoms with E-state index in [1.54, 1.807) is 18.2 Å². The van der Waals surface area contributed by atoms with Gasteiger partial charge in [-0.1, -0.05) is 0 Å². The van der Waals surface area contributed by atoms with Crippen LogP contribution in [0.5, 0.6) is 23.0 Å². The second-order valence-corrected chi connectivity index (χ2v) is 4.24. The van der Waals surface area contributed by atoms with Crippen LogP contribution in [0.25, 0.3) is 11.3 Å². The maximum Gasteiger partial charge on any atom is 0.246 e. The van der Waals surface area contributed by atoms with Crippen LogP contribution in [0.2, 0.25) is 0 Å². The quantitative estimate of drug-likeness (QED) is 0.799. The van der Waals surface area contributed by atoms with Gasteiger partial charge in [-0.05, 0) is 12.1 Å². The SMILES string of the molecule is COc1cc(OC)cc(-c2oc(NC(C)=O)c(O)c2O)c1. The topological polar surface area (TPSA) is 101 Å². The molecule has 1 amide bonds. The maximum absolute atomic E-state index is 11.0. The predicted molar refractivity (Wildman–Crippen MR) is 74.9 cm³/mol. The third-order valence-corrected chi connectivity index (χ3v) is 2.76. The number of hydrogen-bond donors (Lipinski definition) is 3. The van der Waals surface area contributed by atoms with Crippen molar-refractivity contribution in [3.8, 4) is 34.3 Å². The summed E-state index contributed by atoms with van der Waals surface area (Å²) in [6, 6.07) is 4.84. The lowest BCUT2D eigenvalue weighted by Gasteiger charge is -2.07. The molecule has 0 aliphatic rings. The van der Waals surface area contributed by atoms with Gasteiger partial charge in [-0.3, -0.25) is 10.1 Å². The average Bonchev–Trinajstić information content (AvgIpc) is 2.74. The van der Waals surface area contributed by atoms with E-state index in [4.69, 9.17) is 13.9 Å². The lowest BCUT2D eigenvalue weighted by molar-refractivity contribution is -0.114. The molecular formula is C14H15NO6. The third kappa shape index (κ3) is 2.86. The van der Waals surface area contributed by atoms with Gasteiger partial charge in [-0.15, -0.1) is 0 Å². The van der Waals surface area contributed by atoms with Crippen LogP contribution in [0.15, 0.2) is 22.6 Å². The molecule has 0 radical (unpaired) electrons. The Balaban J connectivity index is 2.53. The summed E-state index contributed by atoms with van der Waals surface area (Å²) in [5.74, 6) is -0.712. The second kappa shape index (κ2) is 5.66. The highest BCUT2D eigenvalue weighted by atomic mass is 16.5. The number of ether oxygens (including phenoxy) is 2. The lowest BCUT2D eigenvalue weighted by atomic mass is 10.1. The van der Waals surface area contributed by atoms with Crippen molar-refractivity contribution in [3.05, 3.63) is 18.2 Å². The van der Waals surface area contributed by atoms with E-state index in [0.29, 0.717) is 17.1 Å². The zero-order valence-corrected chi connectivity index (χ0v) is 11.8. The molecule has 0 aliphatic carbocycles. The van der Waals surface area contributed by atoms with Gasteiger partial charge in [0, 0.05) is 18.6 Å². The highest BCUT2D eigenvalue weighted by Gasteiger charge is 2.22. The highest BCUT2D eigenvalue weighted by molar-refractivity contribution is 5.90. The molecule has 7 nitrogen and oxygen atoms in total. The summed E-state index contributed by atoms with van der Waals surface area (Å²) in [5.41, 5.74) is 0.426. The van der Waals surface area contributed by atoms with Crippen LogP contribution < -0.4 is 14.8 Å². The Hall–Kier alpha value is -2.83. The number of nitrogens with one attached hydrogen (secondary N) is 1. The van der Waals surface area contributed by atoms with Crippen LogP contribution in [0, 0.1) is 0 Å². The Kier molecular flexibility index (Phi) is 3.93. The number of benzene rings is 1. The predicted octanol–water partition coefficient (Wildman–Crippen LogP) is 2.33. The molecule has 21 heavy (non-hydrogen) atoms. The number of hydrogen-bond acceptors (Lipinski definition) is 6. The van der Waals surface area contributed by atoms with E-state index in [0.717, 1.165) is 0 Å². The minimum absolute atomic E-state index is 0.00606. The number of furan rings is 1. The maximum atomic E-state index is 11.0. The molecule has 0 aliphatic heterocycles. The Morgan fingerprint density at radius 2 is 1.67 bits per heavy atom. The zero-order chi connectivity index (χ0) is 15.6. The Morgan fingerprint density at radius 1 is 1.10 bits per heavy atom. The van der Waals surface area contributed by atoms with Gasteiger partial charge < -0.3 is 24.1 Å². The van der Waals surface area contributed by atoms with Crippen LogP contribution in [-0.4, -0.2) is 30.3 Å². The highest BCUT2D eigenvalue weighted by Crippen LogP contribution is 2.46. The number of aromatic hydroxyl groups is 2. The molecular weight excluding hydrogens is 278 g/mol. The van der Waals surface area contributed by atoms with Crippen molar-refractivity contribution in [3.63, 3.8) is 0 Å². The van der Waals surface area contributed by atoms with E-state index in [2.05, 4.69) is 5.32 Å². The van der Waals surface area contributed by atoms with Crippen LogP contribution in [0.3, 0.4) is 0 Å². The lowest BCUT2D eigenvalue weighted by Crippen LogP contribution is -2.04. The summed E-state index contributed by atoms with van der Waals surface area (Å²) in [5, 5.41) is 22.0. The molecule has 1 aromatic heterocycles. The first-order valence-electron chi connectivity index (χ1n) is 6.02. The van der Waals surface area contributed by atoms with E-state index in [1.807, 2.05) is 0 Å². The van der Waals surface area contributed by atoms with Gasteiger partial charge in [-0.2, -0.15) is 0 Å². The van der Waals surface area contributed by atoms with Crippen molar-refractivity contribution >= 4 is 11.8 Å².